The standard InChI is InChI=1S/C25H20ClN5/c1-16-4-2-5-20(28-16)25-24(21-6-3-13-31(21)29-25)18-9-12-23-27-14-22(30(23)15-18)17-7-10-19(26)11-8-17/h2,4-5,7-12,14-15H,3,6,13H2,1H3. The summed E-state index contributed by atoms with van der Waals surface area (Å²) in [6.45, 7) is 2.97. The third-order valence-corrected chi connectivity index (χ3v) is 6.16. The minimum absolute atomic E-state index is 0.726. The number of fused-ring (bicyclic) bond motifs is 2. The molecule has 0 fully saturated rings. The second kappa shape index (κ2) is 7.06. The lowest BCUT2D eigenvalue weighted by Gasteiger charge is -2.08. The van der Waals surface area contributed by atoms with E-state index in [2.05, 4.69) is 32.4 Å². The SMILES string of the molecule is Cc1cccc(-c2nn3c(c2-c2ccc4ncc(-c5ccc(Cl)cc5)n4c2)CCC3)n1. The van der Waals surface area contributed by atoms with E-state index in [1.54, 1.807) is 0 Å². The minimum atomic E-state index is 0.726. The number of rotatable bonds is 3. The number of nitrogens with zero attached hydrogens (tertiary/aromatic N) is 5. The number of pyridine rings is 2. The van der Waals surface area contributed by atoms with E-state index < -0.39 is 0 Å². The molecule has 0 unspecified atom stereocenters. The molecule has 1 aromatic carbocycles. The number of aromatic nitrogens is 5. The smallest absolute Gasteiger partial charge is 0.137 e. The summed E-state index contributed by atoms with van der Waals surface area (Å²) in [4.78, 5) is 9.36. The summed E-state index contributed by atoms with van der Waals surface area (Å²) in [5.41, 5.74) is 9.47. The maximum Gasteiger partial charge on any atom is 0.137 e. The van der Waals surface area contributed by atoms with Crippen molar-refractivity contribution in [1.82, 2.24) is 24.1 Å². The molecule has 5 nitrogen and oxygen atoms in total. The molecular formula is C25H20ClN5. The van der Waals surface area contributed by atoms with Crippen LogP contribution in [0, 0.1) is 6.92 Å². The van der Waals surface area contributed by atoms with Crippen LogP contribution in [-0.2, 0) is 13.0 Å². The Morgan fingerprint density at radius 1 is 0.968 bits per heavy atom. The molecule has 0 amide bonds. The molecule has 6 heteroatoms. The van der Waals surface area contributed by atoms with Crippen molar-refractivity contribution in [2.24, 2.45) is 0 Å². The van der Waals surface area contributed by atoms with Crippen molar-refractivity contribution in [2.75, 3.05) is 0 Å². The van der Waals surface area contributed by atoms with Crippen molar-refractivity contribution in [1.29, 1.82) is 0 Å². The molecule has 4 aromatic heterocycles. The topological polar surface area (TPSA) is 48.0 Å². The van der Waals surface area contributed by atoms with E-state index in [1.165, 1.54) is 11.3 Å². The van der Waals surface area contributed by atoms with Crippen LogP contribution in [0.15, 0.2) is 67.0 Å². The van der Waals surface area contributed by atoms with Gasteiger partial charge in [-0.15, -0.1) is 0 Å². The molecule has 5 heterocycles. The van der Waals surface area contributed by atoms with Crippen LogP contribution in [0.25, 0.3) is 39.4 Å². The summed E-state index contributed by atoms with van der Waals surface area (Å²) in [6.07, 6.45) is 6.23. The van der Waals surface area contributed by atoms with Gasteiger partial charge < -0.3 is 0 Å². The van der Waals surface area contributed by atoms with Gasteiger partial charge in [0.25, 0.3) is 0 Å². The molecule has 0 saturated heterocycles. The first-order chi connectivity index (χ1) is 15.2. The number of hydrogen-bond acceptors (Lipinski definition) is 3. The Balaban J connectivity index is 1.56. The van der Waals surface area contributed by atoms with Crippen molar-refractivity contribution < 1.29 is 0 Å². The number of halogens is 1. The zero-order chi connectivity index (χ0) is 20.9. The first-order valence-corrected chi connectivity index (χ1v) is 10.8. The van der Waals surface area contributed by atoms with E-state index >= 15 is 0 Å². The maximum absolute atomic E-state index is 6.09. The second-order valence-corrected chi connectivity index (χ2v) is 8.39. The lowest BCUT2D eigenvalue weighted by molar-refractivity contribution is 0.658. The highest BCUT2D eigenvalue weighted by atomic mass is 35.5. The third-order valence-electron chi connectivity index (χ3n) is 5.91. The summed E-state index contributed by atoms with van der Waals surface area (Å²) in [6, 6.07) is 18.2. The zero-order valence-corrected chi connectivity index (χ0v) is 17.8. The Hall–Kier alpha value is -3.44. The molecule has 0 spiro atoms. The van der Waals surface area contributed by atoms with Gasteiger partial charge in [0.2, 0.25) is 0 Å². The number of hydrogen-bond donors (Lipinski definition) is 0. The highest BCUT2D eigenvalue weighted by Gasteiger charge is 2.25. The van der Waals surface area contributed by atoms with Crippen LogP contribution >= 0.6 is 11.6 Å². The fourth-order valence-electron chi connectivity index (χ4n) is 4.45. The summed E-state index contributed by atoms with van der Waals surface area (Å²) in [7, 11) is 0. The fourth-order valence-corrected chi connectivity index (χ4v) is 4.58. The fraction of sp³-hybridized carbons (Fsp3) is 0.160. The van der Waals surface area contributed by atoms with Crippen LogP contribution in [0.2, 0.25) is 5.02 Å². The Morgan fingerprint density at radius 3 is 2.65 bits per heavy atom. The Kier molecular flexibility index (Phi) is 4.18. The molecule has 0 saturated carbocycles. The van der Waals surface area contributed by atoms with E-state index in [1.807, 2.05) is 55.6 Å². The Labute approximate surface area is 185 Å². The molecule has 31 heavy (non-hydrogen) atoms. The van der Waals surface area contributed by atoms with Crippen LogP contribution in [0.3, 0.4) is 0 Å². The van der Waals surface area contributed by atoms with Gasteiger partial charge in [0.15, 0.2) is 0 Å². The first kappa shape index (κ1) is 18.3. The van der Waals surface area contributed by atoms with Gasteiger partial charge in [-0.3, -0.25) is 14.1 Å². The molecule has 0 bridgehead atoms. The van der Waals surface area contributed by atoms with E-state index in [0.717, 1.165) is 64.0 Å². The second-order valence-electron chi connectivity index (χ2n) is 7.96. The molecular weight excluding hydrogens is 406 g/mol. The van der Waals surface area contributed by atoms with E-state index in [0.29, 0.717) is 0 Å². The minimum Gasteiger partial charge on any atom is -0.299 e. The van der Waals surface area contributed by atoms with Crippen molar-refractivity contribution >= 4 is 17.2 Å². The summed E-state index contributed by atoms with van der Waals surface area (Å²) in [5.74, 6) is 0. The first-order valence-electron chi connectivity index (χ1n) is 10.4. The molecule has 5 aromatic rings. The van der Waals surface area contributed by atoms with Gasteiger partial charge in [0, 0.05) is 45.8 Å². The van der Waals surface area contributed by atoms with Gasteiger partial charge in [-0.25, -0.2) is 4.98 Å². The zero-order valence-electron chi connectivity index (χ0n) is 17.1. The monoisotopic (exact) mass is 425 g/mol. The molecule has 6 rings (SSSR count). The average molecular weight is 426 g/mol. The molecule has 0 radical (unpaired) electrons. The van der Waals surface area contributed by atoms with Crippen LogP contribution in [0.5, 0.6) is 0 Å². The normalized spacial score (nSPS) is 13.1. The molecule has 0 N–H and O–H groups in total. The van der Waals surface area contributed by atoms with Gasteiger partial charge in [-0.1, -0.05) is 29.8 Å². The van der Waals surface area contributed by atoms with Crippen LogP contribution in [0.1, 0.15) is 17.8 Å². The molecule has 0 aliphatic carbocycles. The van der Waals surface area contributed by atoms with Gasteiger partial charge in [-0.05, 0) is 56.2 Å². The molecule has 152 valence electrons. The lowest BCUT2D eigenvalue weighted by atomic mass is 10.0. The molecule has 1 aliphatic rings. The van der Waals surface area contributed by atoms with Crippen LogP contribution in [-0.4, -0.2) is 24.1 Å². The van der Waals surface area contributed by atoms with Crippen LogP contribution < -0.4 is 0 Å². The quantitative estimate of drug-likeness (QED) is 0.365. The summed E-state index contributed by atoms with van der Waals surface area (Å²) < 4.78 is 4.29. The van der Waals surface area contributed by atoms with Gasteiger partial charge in [0.05, 0.1) is 17.6 Å². The Bertz CT molecular complexity index is 1430. The number of imidazole rings is 1. The van der Waals surface area contributed by atoms with E-state index in [9.17, 15) is 0 Å². The van der Waals surface area contributed by atoms with E-state index in [-0.39, 0.29) is 0 Å². The van der Waals surface area contributed by atoms with Crippen molar-refractivity contribution in [3.8, 4) is 33.8 Å². The largest absolute Gasteiger partial charge is 0.299 e. The lowest BCUT2D eigenvalue weighted by Crippen LogP contribution is -1.95. The van der Waals surface area contributed by atoms with E-state index in [4.69, 9.17) is 21.7 Å². The van der Waals surface area contributed by atoms with Gasteiger partial charge in [0.1, 0.15) is 11.3 Å². The predicted molar refractivity (Wildman–Crippen MR) is 123 cm³/mol. The van der Waals surface area contributed by atoms with Gasteiger partial charge in [-0.2, -0.15) is 5.10 Å². The van der Waals surface area contributed by atoms with Crippen LogP contribution in [0.4, 0.5) is 0 Å². The highest BCUT2D eigenvalue weighted by Crippen LogP contribution is 2.37. The average Bonchev–Trinajstić information content (AvgIpc) is 3.48. The summed E-state index contributed by atoms with van der Waals surface area (Å²) in [5, 5.41) is 5.68. The third kappa shape index (κ3) is 3.04. The highest BCUT2D eigenvalue weighted by molar-refractivity contribution is 6.30. The predicted octanol–water partition coefficient (Wildman–Crippen LogP) is 5.83. The number of aryl methyl sites for hydroxylation is 2. The van der Waals surface area contributed by atoms with Crippen molar-refractivity contribution in [3.05, 3.63) is 83.4 Å². The Morgan fingerprint density at radius 2 is 1.81 bits per heavy atom. The molecule has 0 atom stereocenters. The van der Waals surface area contributed by atoms with Crippen molar-refractivity contribution in [2.45, 2.75) is 26.3 Å². The molecule has 1 aliphatic heterocycles. The van der Waals surface area contributed by atoms with Crippen molar-refractivity contribution in [3.63, 3.8) is 0 Å². The summed E-state index contributed by atoms with van der Waals surface area (Å²) >= 11 is 6.09. The number of benzene rings is 1. The van der Waals surface area contributed by atoms with Gasteiger partial charge >= 0.3 is 0 Å². The maximum atomic E-state index is 6.09.